The number of methoxy groups -OCH3 is 3. The fourth-order valence-corrected chi connectivity index (χ4v) is 4.51. The number of hydrogen-bond acceptors (Lipinski definition) is 4. The minimum atomic E-state index is -4.40. The van der Waals surface area contributed by atoms with Crippen molar-refractivity contribution >= 4 is 0 Å². The molecule has 2 aromatic carbocycles. The lowest BCUT2D eigenvalue weighted by Crippen LogP contribution is -2.30. The van der Waals surface area contributed by atoms with Crippen molar-refractivity contribution < 1.29 is 27.4 Å². The van der Waals surface area contributed by atoms with Crippen LogP contribution in [0.5, 0.6) is 17.2 Å². The maximum absolute atomic E-state index is 13.5. The quantitative estimate of drug-likeness (QED) is 0.485. The van der Waals surface area contributed by atoms with Crippen molar-refractivity contribution in [1.29, 1.82) is 0 Å². The van der Waals surface area contributed by atoms with Crippen LogP contribution < -0.4 is 14.2 Å². The molecular formula is C25H27F3N2O3. The predicted molar refractivity (Wildman–Crippen MR) is 119 cm³/mol. The van der Waals surface area contributed by atoms with E-state index in [1.165, 1.54) is 12.1 Å². The standard InChI is InChI=1S/C25H27F3N2O3/c1-31-21-15-23(33-3)22(32-2)14-18(21)16-30-12-6-11-29-10-5-9-20(29)24(30)17-7-4-8-19(13-17)25(26,27)28/h4-5,7-10,13-15,24H,6,11-12,16H2,1-3H3/t24-/m1/s1. The van der Waals surface area contributed by atoms with E-state index in [4.69, 9.17) is 14.2 Å². The number of alkyl halides is 3. The lowest BCUT2D eigenvalue weighted by Gasteiger charge is -2.31. The lowest BCUT2D eigenvalue weighted by atomic mass is 9.98. The van der Waals surface area contributed by atoms with Gasteiger partial charge in [-0.1, -0.05) is 12.1 Å². The summed E-state index contributed by atoms with van der Waals surface area (Å²) in [6.07, 6.45) is -1.55. The summed E-state index contributed by atoms with van der Waals surface area (Å²) < 4.78 is 59.0. The number of benzene rings is 2. The molecule has 5 nitrogen and oxygen atoms in total. The van der Waals surface area contributed by atoms with Gasteiger partial charge in [0.25, 0.3) is 0 Å². The van der Waals surface area contributed by atoms with E-state index in [2.05, 4.69) is 9.47 Å². The highest BCUT2D eigenvalue weighted by atomic mass is 19.4. The highest BCUT2D eigenvalue weighted by Gasteiger charge is 2.33. The normalized spacial score (nSPS) is 16.7. The van der Waals surface area contributed by atoms with E-state index in [0.717, 1.165) is 30.3 Å². The predicted octanol–water partition coefficient (Wildman–Crippen LogP) is 5.53. The first kappa shape index (κ1) is 23.0. The summed E-state index contributed by atoms with van der Waals surface area (Å²) in [5, 5.41) is 0. The average Bonchev–Trinajstić information content (AvgIpc) is 3.19. The number of rotatable bonds is 6. The molecule has 1 aliphatic heterocycles. The van der Waals surface area contributed by atoms with Crippen LogP contribution in [0.4, 0.5) is 13.2 Å². The third kappa shape index (κ3) is 4.66. The molecule has 0 spiro atoms. The zero-order chi connectivity index (χ0) is 23.6. The summed E-state index contributed by atoms with van der Waals surface area (Å²) in [6, 6.07) is 12.8. The topological polar surface area (TPSA) is 35.9 Å². The molecule has 1 aromatic heterocycles. The number of hydrogen-bond donors (Lipinski definition) is 0. The zero-order valence-corrected chi connectivity index (χ0v) is 18.9. The van der Waals surface area contributed by atoms with Gasteiger partial charge in [0.05, 0.1) is 32.9 Å². The van der Waals surface area contributed by atoms with Gasteiger partial charge in [-0.05, 0) is 42.3 Å². The summed E-state index contributed by atoms with van der Waals surface area (Å²) in [6.45, 7) is 1.98. The van der Waals surface area contributed by atoms with Crippen LogP contribution in [-0.4, -0.2) is 37.3 Å². The number of nitrogens with zero attached hydrogens (tertiary/aromatic N) is 2. The average molecular weight is 460 g/mol. The molecule has 0 aliphatic carbocycles. The maximum Gasteiger partial charge on any atom is 0.416 e. The first-order valence-corrected chi connectivity index (χ1v) is 10.7. The van der Waals surface area contributed by atoms with Crippen molar-refractivity contribution in [2.45, 2.75) is 31.7 Å². The molecule has 0 unspecified atom stereocenters. The van der Waals surface area contributed by atoms with Gasteiger partial charge in [0.1, 0.15) is 5.75 Å². The van der Waals surface area contributed by atoms with E-state index in [1.54, 1.807) is 33.5 Å². The van der Waals surface area contributed by atoms with Crippen molar-refractivity contribution in [3.63, 3.8) is 0 Å². The van der Waals surface area contributed by atoms with E-state index in [0.29, 0.717) is 35.9 Å². The molecule has 0 fully saturated rings. The van der Waals surface area contributed by atoms with Gasteiger partial charge >= 0.3 is 6.18 Å². The molecule has 0 bridgehead atoms. The highest BCUT2D eigenvalue weighted by Crippen LogP contribution is 2.39. The van der Waals surface area contributed by atoms with Gasteiger partial charge in [-0.2, -0.15) is 13.2 Å². The van der Waals surface area contributed by atoms with Crippen molar-refractivity contribution in [3.05, 3.63) is 77.1 Å². The summed E-state index contributed by atoms with van der Waals surface area (Å²) in [7, 11) is 4.71. The van der Waals surface area contributed by atoms with E-state index >= 15 is 0 Å². The molecule has 8 heteroatoms. The molecular weight excluding hydrogens is 433 g/mol. The Labute approximate surface area is 191 Å². The maximum atomic E-state index is 13.5. The Hall–Kier alpha value is -3.13. The van der Waals surface area contributed by atoms with Crippen LogP contribution in [0.3, 0.4) is 0 Å². The number of aryl methyl sites for hydroxylation is 1. The molecule has 0 amide bonds. The number of aromatic nitrogens is 1. The van der Waals surface area contributed by atoms with Gasteiger partial charge in [0.15, 0.2) is 11.5 Å². The Balaban J connectivity index is 1.79. The molecule has 1 atom stereocenters. The third-order valence-electron chi connectivity index (χ3n) is 6.04. The Bertz CT molecular complexity index is 1110. The summed E-state index contributed by atoms with van der Waals surface area (Å²) in [4.78, 5) is 2.19. The number of halogens is 3. The first-order chi connectivity index (χ1) is 15.9. The third-order valence-corrected chi connectivity index (χ3v) is 6.04. The molecule has 2 heterocycles. The molecule has 33 heavy (non-hydrogen) atoms. The molecule has 0 saturated heterocycles. The Kier molecular flexibility index (Phi) is 6.56. The SMILES string of the molecule is COc1cc(OC)c(OC)cc1CN1CCCn2cccc2[C@H]1c1cccc(C(F)(F)F)c1. The minimum absolute atomic E-state index is 0.345. The van der Waals surface area contributed by atoms with Crippen molar-refractivity contribution in [2.24, 2.45) is 0 Å². The van der Waals surface area contributed by atoms with Crippen LogP contribution in [-0.2, 0) is 19.3 Å². The second-order valence-electron chi connectivity index (χ2n) is 8.00. The van der Waals surface area contributed by atoms with Crippen molar-refractivity contribution in [1.82, 2.24) is 9.47 Å². The molecule has 3 aromatic rings. The van der Waals surface area contributed by atoms with Gasteiger partial charge in [-0.3, -0.25) is 4.90 Å². The highest BCUT2D eigenvalue weighted by molar-refractivity contribution is 5.51. The molecule has 1 aliphatic rings. The van der Waals surface area contributed by atoms with E-state index in [1.807, 2.05) is 24.4 Å². The van der Waals surface area contributed by atoms with Crippen LogP contribution >= 0.6 is 0 Å². The second-order valence-corrected chi connectivity index (χ2v) is 8.00. The van der Waals surface area contributed by atoms with E-state index in [-0.39, 0.29) is 6.04 Å². The Morgan fingerprint density at radius 1 is 0.879 bits per heavy atom. The fraction of sp³-hybridized carbons (Fsp3) is 0.360. The lowest BCUT2D eigenvalue weighted by molar-refractivity contribution is -0.137. The van der Waals surface area contributed by atoms with Crippen molar-refractivity contribution in [2.75, 3.05) is 27.9 Å². The van der Waals surface area contributed by atoms with Gasteiger partial charge < -0.3 is 18.8 Å². The molecule has 4 rings (SSSR count). The van der Waals surface area contributed by atoms with E-state index < -0.39 is 11.7 Å². The smallest absolute Gasteiger partial charge is 0.416 e. The van der Waals surface area contributed by atoms with Gasteiger partial charge in [0.2, 0.25) is 0 Å². The second kappa shape index (κ2) is 9.39. The minimum Gasteiger partial charge on any atom is -0.496 e. The monoisotopic (exact) mass is 460 g/mol. The summed E-state index contributed by atoms with van der Waals surface area (Å²) >= 11 is 0. The first-order valence-electron chi connectivity index (χ1n) is 10.7. The zero-order valence-electron chi connectivity index (χ0n) is 18.9. The molecule has 0 radical (unpaired) electrons. The van der Waals surface area contributed by atoms with Gasteiger partial charge in [0, 0.05) is 43.2 Å². The summed E-state index contributed by atoms with van der Waals surface area (Å²) in [5.74, 6) is 1.76. The molecule has 176 valence electrons. The van der Waals surface area contributed by atoms with Crippen LogP contribution in [0.15, 0.2) is 54.7 Å². The number of fused-ring (bicyclic) bond motifs is 1. The number of ether oxygens (including phenoxy) is 3. The Morgan fingerprint density at radius 2 is 1.61 bits per heavy atom. The fourth-order valence-electron chi connectivity index (χ4n) is 4.51. The molecule has 0 saturated carbocycles. The van der Waals surface area contributed by atoms with Gasteiger partial charge in [-0.25, -0.2) is 0 Å². The summed E-state index contributed by atoms with van der Waals surface area (Å²) in [5.41, 5.74) is 1.79. The Morgan fingerprint density at radius 3 is 2.30 bits per heavy atom. The molecule has 0 N–H and O–H groups in total. The van der Waals surface area contributed by atoms with Crippen LogP contribution in [0.25, 0.3) is 0 Å². The van der Waals surface area contributed by atoms with Gasteiger partial charge in [-0.15, -0.1) is 0 Å². The van der Waals surface area contributed by atoms with Crippen LogP contribution in [0, 0.1) is 0 Å². The van der Waals surface area contributed by atoms with Crippen LogP contribution in [0.1, 0.15) is 34.8 Å². The van der Waals surface area contributed by atoms with Crippen molar-refractivity contribution in [3.8, 4) is 17.2 Å². The van der Waals surface area contributed by atoms with Crippen LogP contribution in [0.2, 0.25) is 0 Å². The largest absolute Gasteiger partial charge is 0.496 e. The van der Waals surface area contributed by atoms with E-state index in [9.17, 15) is 13.2 Å².